The zero-order valence-corrected chi connectivity index (χ0v) is 12.8. The molecule has 0 unspecified atom stereocenters. The second-order valence-electron chi connectivity index (χ2n) is 5.12. The first-order valence-corrected chi connectivity index (χ1v) is 7.11. The molecule has 0 amide bonds. The van der Waals surface area contributed by atoms with E-state index >= 15 is 0 Å². The number of benzene rings is 2. The summed E-state index contributed by atoms with van der Waals surface area (Å²) in [6.07, 6.45) is 0. The van der Waals surface area contributed by atoms with Gasteiger partial charge in [0.15, 0.2) is 0 Å². The second kappa shape index (κ2) is 6.58. The van der Waals surface area contributed by atoms with E-state index in [-0.39, 0.29) is 0 Å². The largest absolute Gasteiger partial charge is 0.497 e. The zero-order chi connectivity index (χ0) is 14.5. The molecule has 2 heteroatoms. The molecule has 0 saturated carbocycles. The van der Waals surface area contributed by atoms with Crippen molar-refractivity contribution in [3.8, 4) is 16.9 Å². The molecule has 2 nitrogen and oxygen atoms in total. The van der Waals surface area contributed by atoms with Crippen LogP contribution in [0.5, 0.6) is 5.75 Å². The molecule has 2 rings (SSSR count). The molecular formula is C18H23NO. The van der Waals surface area contributed by atoms with Crippen LogP contribution in [0.3, 0.4) is 0 Å². The molecule has 0 aromatic heterocycles. The summed E-state index contributed by atoms with van der Waals surface area (Å²) >= 11 is 0. The lowest BCUT2D eigenvalue weighted by atomic mass is 9.94. The van der Waals surface area contributed by atoms with Crippen LogP contribution in [-0.4, -0.2) is 13.7 Å². The molecule has 0 saturated heterocycles. The summed E-state index contributed by atoms with van der Waals surface area (Å²) in [7, 11) is 1.71. The molecule has 1 N–H and O–H groups in total. The van der Waals surface area contributed by atoms with Gasteiger partial charge in [-0.05, 0) is 54.8 Å². The standard InChI is InChI=1S/C18H23NO/c1-5-19-12-15-11-16(20-4)8-9-17(15)18-10-13(2)6-7-14(18)3/h6-11,19H,5,12H2,1-4H3. The maximum Gasteiger partial charge on any atom is 0.119 e. The van der Waals surface area contributed by atoms with Crippen molar-refractivity contribution >= 4 is 0 Å². The SMILES string of the molecule is CCNCc1cc(OC)ccc1-c1cc(C)ccc1C. The third-order valence-electron chi connectivity index (χ3n) is 3.56. The van der Waals surface area contributed by atoms with E-state index in [4.69, 9.17) is 4.74 Å². The van der Waals surface area contributed by atoms with Gasteiger partial charge in [-0.3, -0.25) is 0 Å². The minimum Gasteiger partial charge on any atom is -0.497 e. The smallest absolute Gasteiger partial charge is 0.119 e. The molecule has 0 aliphatic rings. The van der Waals surface area contributed by atoms with E-state index in [9.17, 15) is 0 Å². The Hall–Kier alpha value is -1.80. The highest BCUT2D eigenvalue weighted by atomic mass is 16.5. The number of ether oxygens (including phenoxy) is 1. The van der Waals surface area contributed by atoms with Crippen molar-refractivity contribution in [2.45, 2.75) is 27.3 Å². The fourth-order valence-electron chi connectivity index (χ4n) is 2.39. The lowest BCUT2D eigenvalue weighted by Gasteiger charge is -2.14. The third-order valence-corrected chi connectivity index (χ3v) is 3.56. The van der Waals surface area contributed by atoms with Crippen LogP contribution in [-0.2, 0) is 6.54 Å². The van der Waals surface area contributed by atoms with E-state index < -0.39 is 0 Å². The molecule has 0 aliphatic carbocycles. The fraction of sp³-hybridized carbons (Fsp3) is 0.333. The molecule has 0 atom stereocenters. The molecule has 0 bridgehead atoms. The molecule has 2 aromatic carbocycles. The summed E-state index contributed by atoms with van der Waals surface area (Å²) in [5.74, 6) is 0.909. The number of rotatable bonds is 5. The third kappa shape index (κ3) is 3.20. The van der Waals surface area contributed by atoms with Crippen LogP contribution >= 0.6 is 0 Å². The first kappa shape index (κ1) is 14.6. The lowest BCUT2D eigenvalue weighted by Crippen LogP contribution is -2.12. The van der Waals surface area contributed by atoms with Gasteiger partial charge in [-0.25, -0.2) is 0 Å². The summed E-state index contributed by atoms with van der Waals surface area (Å²) in [6, 6.07) is 12.9. The van der Waals surface area contributed by atoms with Crippen LogP contribution in [0.15, 0.2) is 36.4 Å². The molecule has 20 heavy (non-hydrogen) atoms. The minimum absolute atomic E-state index is 0.858. The van der Waals surface area contributed by atoms with E-state index in [2.05, 4.69) is 56.4 Å². The minimum atomic E-state index is 0.858. The molecular weight excluding hydrogens is 246 g/mol. The number of hydrogen-bond donors (Lipinski definition) is 1. The number of methoxy groups -OCH3 is 1. The summed E-state index contributed by atoms with van der Waals surface area (Å²) in [4.78, 5) is 0. The highest BCUT2D eigenvalue weighted by Gasteiger charge is 2.09. The molecule has 106 valence electrons. The Morgan fingerprint density at radius 2 is 1.80 bits per heavy atom. The maximum absolute atomic E-state index is 5.35. The Bertz CT molecular complexity index is 590. The normalized spacial score (nSPS) is 10.6. The van der Waals surface area contributed by atoms with Gasteiger partial charge in [0.05, 0.1) is 7.11 Å². The number of nitrogens with one attached hydrogen (secondary N) is 1. The van der Waals surface area contributed by atoms with Crippen LogP contribution in [0.2, 0.25) is 0 Å². The van der Waals surface area contributed by atoms with Gasteiger partial charge in [-0.15, -0.1) is 0 Å². The first-order chi connectivity index (χ1) is 9.65. The van der Waals surface area contributed by atoms with E-state index in [0.717, 1.165) is 18.8 Å². The zero-order valence-electron chi connectivity index (χ0n) is 12.8. The van der Waals surface area contributed by atoms with Crippen LogP contribution in [0, 0.1) is 13.8 Å². The first-order valence-electron chi connectivity index (χ1n) is 7.11. The second-order valence-corrected chi connectivity index (χ2v) is 5.12. The van der Waals surface area contributed by atoms with Gasteiger partial charge in [-0.2, -0.15) is 0 Å². The molecule has 0 heterocycles. The van der Waals surface area contributed by atoms with Crippen molar-refractivity contribution in [2.75, 3.05) is 13.7 Å². The quantitative estimate of drug-likeness (QED) is 0.882. The predicted molar refractivity (Wildman–Crippen MR) is 85.3 cm³/mol. The molecule has 0 radical (unpaired) electrons. The Morgan fingerprint density at radius 1 is 1.00 bits per heavy atom. The highest BCUT2D eigenvalue weighted by molar-refractivity contribution is 5.72. The fourth-order valence-corrected chi connectivity index (χ4v) is 2.39. The van der Waals surface area contributed by atoms with Crippen LogP contribution < -0.4 is 10.1 Å². The van der Waals surface area contributed by atoms with Crippen molar-refractivity contribution in [1.29, 1.82) is 0 Å². The van der Waals surface area contributed by atoms with Crippen molar-refractivity contribution in [1.82, 2.24) is 5.32 Å². The van der Waals surface area contributed by atoms with Gasteiger partial charge >= 0.3 is 0 Å². The Labute approximate surface area is 121 Å². The van der Waals surface area contributed by atoms with Gasteiger partial charge < -0.3 is 10.1 Å². The summed E-state index contributed by atoms with van der Waals surface area (Å²) in [5, 5.41) is 3.40. The van der Waals surface area contributed by atoms with E-state index in [0.29, 0.717) is 0 Å². The van der Waals surface area contributed by atoms with Gasteiger partial charge in [0, 0.05) is 6.54 Å². The highest BCUT2D eigenvalue weighted by Crippen LogP contribution is 2.30. The van der Waals surface area contributed by atoms with E-state index in [1.165, 1.54) is 27.8 Å². The molecule has 0 fully saturated rings. The molecule has 2 aromatic rings. The maximum atomic E-state index is 5.35. The van der Waals surface area contributed by atoms with Gasteiger partial charge in [0.1, 0.15) is 5.75 Å². The number of hydrogen-bond acceptors (Lipinski definition) is 2. The van der Waals surface area contributed by atoms with E-state index in [1.54, 1.807) is 7.11 Å². The average molecular weight is 269 g/mol. The monoisotopic (exact) mass is 269 g/mol. The molecule has 0 spiro atoms. The van der Waals surface area contributed by atoms with Gasteiger partial charge in [0.2, 0.25) is 0 Å². The van der Waals surface area contributed by atoms with E-state index in [1.807, 2.05) is 6.07 Å². The van der Waals surface area contributed by atoms with Crippen LogP contribution in [0.1, 0.15) is 23.6 Å². The van der Waals surface area contributed by atoms with Gasteiger partial charge in [0.25, 0.3) is 0 Å². The van der Waals surface area contributed by atoms with Crippen LogP contribution in [0.4, 0.5) is 0 Å². The topological polar surface area (TPSA) is 21.3 Å². The van der Waals surface area contributed by atoms with Crippen LogP contribution in [0.25, 0.3) is 11.1 Å². The van der Waals surface area contributed by atoms with Crippen molar-refractivity contribution in [3.63, 3.8) is 0 Å². The number of aryl methyl sites for hydroxylation is 2. The van der Waals surface area contributed by atoms with Crippen molar-refractivity contribution < 1.29 is 4.74 Å². The Kier molecular flexibility index (Phi) is 4.80. The summed E-state index contributed by atoms with van der Waals surface area (Å²) in [5.41, 5.74) is 6.46. The Morgan fingerprint density at radius 3 is 2.50 bits per heavy atom. The van der Waals surface area contributed by atoms with Crippen molar-refractivity contribution in [2.24, 2.45) is 0 Å². The Balaban J connectivity index is 2.51. The van der Waals surface area contributed by atoms with Crippen molar-refractivity contribution in [3.05, 3.63) is 53.1 Å². The lowest BCUT2D eigenvalue weighted by molar-refractivity contribution is 0.414. The predicted octanol–water partition coefficient (Wildman–Crippen LogP) is 4.09. The average Bonchev–Trinajstić information content (AvgIpc) is 2.47. The molecule has 0 aliphatic heterocycles. The summed E-state index contributed by atoms with van der Waals surface area (Å²) < 4.78 is 5.35. The summed E-state index contributed by atoms with van der Waals surface area (Å²) in [6.45, 7) is 8.24. The van der Waals surface area contributed by atoms with Gasteiger partial charge in [-0.1, -0.05) is 36.8 Å².